The molecule has 0 spiro atoms. The van der Waals surface area contributed by atoms with Gasteiger partial charge in [-0.3, -0.25) is 14.5 Å². The molecule has 0 radical (unpaired) electrons. The number of nitrogens with zero attached hydrogens (tertiary/aromatic N) is 2. The highest BCUT2D eigenvalue weighted by Crippen LogP contribution is 2.10. The molecule has 7 heteroatoms. The van der Waals surface area contributed by atoms with Gasteiger partial charge >= 0.3 is 0 Å². The van der Waals surface area contributed by atoms with E-state index in [-0.39, 0.29) is 17.6 Å². The van der Waals surface area contributed by atoms with Crippen LogP contribution in [0, 0.1) is 5.82 Å². The number of rotatable bonds is 7. The Morgan fingerprint density at radius 1 is 0.821 bits per heavy atom. The van der Waals surface area contributed by atoms with Crippen molar-refractivity contribution < 1.29 is 14.0 Å². The first kappa shape index (κ1) is 20.0. The van der Waals surface area contributed by atoms with Gasteiger partial charge in [-0.1, -0.05) is 24.3 Å². The van der Waals surface area contributed by atoms with Crippen molar-refractivity contribution in [1.82, 2.24) is 9.80 Å². The molecule has 2 N–H and O–H groups in total. The lowest BCUT2D eigenvalue weighted by Crippen LogP contribution is -2.49. The Kier molecular flexibility index (Phi) is 7.11. The van der Waals surface area contributed by atoms with Crippen molar-refractivity contribution in [2.24, 2.45) is 0 Å². The lowest BCUT2D eigenvalue weighted by molar-refractivity contribution is -0.117. The zero-order valence-corrected chi connectivity index (χ0v) is 15.7. The van der Waals surface area contributed by atoms with Crippen LogP contribution in [0.25, 0.3) is 0 Å². The van der Waals surface area contributed by atoms with Gasteiger partial charge in [0.25, 0.3) is 0 Å². The molecule has 0 saturated carbocycles. The van der Waals surface area contributed by atoms with Crippen LogP contribution in [-0.2, 0) is 9.59 Å². The lowest BCUT2D eigenvalue weighted by atomic mass is 10.2. The number of para-hydroxylation sites is 1. The molecule has 2 amide bonds. The molecule has 1 aliphatic heterocycles. The summed E-state index contributed by atoms with van der Waals surface area (Å²) < 4.78 is 13.2. The minimum Gasteiger partial charge on any atom is -0.326 e. The molecule has 2 aromatic carbocycles. The average molecular weight is 384 g/mol. The molecule has 1 saturated heterocycles. The van der Waals surface area contributed by atoms with E-state index in [4.69, 9.17) is 0 Å². The molecule has 0 unspecified atom stereocenters. The Bertz CT molecular complexity index is 792. The number of piperazine rings is 1. The van der Waals surface area contributed by atoms with Crippen molar-refractivity contribution in [2.75, 3.05) is 49.9 Å². The molecule has 1 aliphatic rings. The molecule has 0 atom stereocenters. The fourth-order valence-corrected chi connectivity index (χ4v) is 3.15. The van der Waals surface area contributed by atoms with Gasteiger partial charge in [0.1, 0.15) is 5.82 Å². The molecule has 2 aromatic rings. The van der Waals surface area contributed by atoms with Crippen LogP contribution in [0.1, 0.15) is 6.42 Å². The summed E-state index contributed by atoms with van der Waals surface area (Å²) in [5, 5.41) is 5.61. The summed E-state index contributed by atoms with van der Waals surface area (Å²) in [6, 6.07) is 15.3. The summed E-state index contributed by atoms with van der Waals surface area (Å²) in [6.07, 6.45) is 0.352. The molecule has 148 valence electrons. The maximum absolute atomic E-state index is 13.2. The van der Waals surface area contributed by atoms with Crippen LogP contribution in [0.3, 0.4) is 0 Å². The lowest BCUT2D eigenvalue weighted by Gasteiger charge is -2.34. The van der Waals surface area contributed by atoms with E-state index >= 15 is 0 Å². The Morgan fingerprint density at radius 2 is 1.46 bits per heavy atom. The standard InChI is InChI=1S/C21H25FN4O2/c22-17-5-4-8-19(15-17)24-20(27)9-10-25-11-13-26(14-12-25)16-21(28)23-18-6-2-1-3-7-18/h1-8,15H,9-14,16H2,(H,23,28)(H,24,27). The van der Waals surface area contributed by atoms with E-state index in [1.165, 1.54) is 12.1 Å². The third-order valence-electron chi connectivity index (χ3n) is 4.65. The quantitative estimate of drug-likeness (QED) is 0.770. The third kappa shape index (κ3) is 6.44. The topological polar surface area (TPSA) is 64.7 Å². The van der Waals surface area contributed by atoms with E-state index < -0.39 is 0 Å². The van der Waals surface area contributed by atoms with E-state index in [2.05, 4.69) is 20.4 Å². The fourth-order valence-electron chi connectivity index (χ4n) is 3.15. The fraction of sp³-hybridized carbons (Fsp3) is 0.333. The smallest absolute Gasteiger partial charge is 0.238 e. The van der Waals surface area contributed by atoms with Gasteiger partial charge in [-0.25, -0.2) is 4.39 Å². The van der Waals surface area contributed by atoms with Crippen molar-refractivity contribution in [2.45, 2.75) is 6.42 Å². The summed E-state index contributed by atoms with van der Waals surface area (Å²) in [4.78, 5) is 28.5. The van der Waals surface area contributed by atoms with Gasteiger partial charge in [-0.2, -0.15) is 0 Å². The zero-order chi connectivity index (χ0) is 19.8. The van der Waals surface area contributed by atoms with Crippen LogP contribution in [0.15, 0.2) is 54.6 Å². The van der Waals surface area contributed by atoms with Gasteiger partial charge in [0.05, 0.1) is 6.54 Å². The largest absolute Gasteiger partial charge is 0.326 e. The predicted octanol–water partition coefficient (Wildman–Crippen LogP) is 2.41. The molecule has 0 aromatic heterocycles. The van der Waals surface area contributed by atoms with Crippen molar-refractivity contribution in [1.29, 1.82) is 0 Å². The van der Waals surface area contributed by atoms with Gasteiger partial charge in [0, 0.05) is 50.5 Å². The van der Waals surface area contributed by atoms with Gasteiger partial charge < -0.3 is 15.5 Å². The number of hydrogen-bond acceptors (Lipinski definition) is 4. The predicted molar refractivity (Wildman–Crippen MR) is 108 cm³/mol. The van der Waals surface area contributed by atoms with E-state index in [0.29, 0.717) is 25.2 Å². The number of carbonyl (C=O) groups excluding carboxylic acids is 2. The first-order chi connectivity index (χ1) is 13.6. The highest BCUT2D eigenvalue weighted by molar-refractivity contribution is 5.92. The van der Waals surface area contributed by atoms with Gasteiger partial charge in [0.15, 0.2) is 0 Å². The van der Waals surface area contributed by atoms with Gasteiger partial charge in [-0.05, 0) is 30.3 Å². The highest BCUT2D eigenvalue weighted by Gasteiger charge is 2.19. The van der Waals surface area contributed by atoms with Gasteiger partial charge in [0.2, 0.25) is 11.8 Å². The van der Waals surface area contributed by atoms with E-state index in [1.807, 2.05) is 30.3 Å². The van der Waals surface area contributed by atoms with Gasteiger partial charge in [-0.15, -0.1) is 0 Å². The van der Waals surface area contributed by atoms with E-state index in [9.17, 15) is 14.0 Å². The molecular weight excluding hydrogens is 359 g/mol. The molecule has 0 bridgehead atoms. The number of amides is 2. The van der Waals surface area contributed by atoms with Crippen LogP contribution < -0.4 is 10.6 Å². The summed E-state index contributed by atoms with van der Waals surface area (Å²) in [7, 11) is 0. The Labute approximate surface area is 164 Å². The van der Waals surface area contributed by atoms with Crippen molar-refractivity contribution in [3.05, 3.63) is 60.4 Å². The molecular formula is C21H25FN4O2. The van der Waals surface area contributed by atoms with Crippen molar-refractivity contribution in [3.63, 3.8) is 0 Å². The number of benzene rings is 2. The maximum atomic E-state index is 13.2. The van der Waals surface area contributed by atoms with Crippen LogP contribution in [-0.4, -0.2) is 60.9 Å². The molecule has 1 heterocycles. The SMILES string of the molecule is O=C(CCN1CCN(CC(=O)Nc2ccccc2)CC1)Nc1cccc(F)c1. The number of hydrogen-bond donors (Lipinski definition) is 2. The molecule has 0 aliphatic carbocycles. The number of halogens is 1. The summed E-state index contributed by atoms with van der Waals surface area (Å²) in [5.41, 5.74) is 1.27. The van der Waals surface area contributed by atoms with Crippen molar-refractivity contribution in [3.8, 4) is 0 Å². The minimum atomic E-state index is -0.370. The molecule has 28 heavy (non-hydrogen) atoms. The molecule has 3 rings (SSSR count). The summed E-state index contributed by atoms with van der Waals surface area (Å²) >= 11 is 0. The van der Waals surface area contributed by atoms with Crippen LogP contribution >= 0.6 is 0 Å². The second-order valence-corrected chi connectivity index (χ2v) is 6.84. The summed E-state index contributed by atoms with van der Waals surface area (Å²) in [5.74, 6) is -0.519. The first-order valence-corrected chi connectivity index (χ1v) is 9.43. The Hall–Kier alpha value is -2.77. The van der Waals surface area contributed by atoms with Crippen LogP contribution in [0.2, 0.25) is 0 Å². The van der Waals surface area contributed by atoms with Crippen LogP contribution in [0.5, 0.6) is 0 Å². The monoisotopic (exact) mass is 384 g/mol. The Morgan fingerprint density at radius 3 is 2.18 bits per heavy atom. The van der Waals surface area contributed by atoms with Crippen LogP contribution in [0.4, 0.5) is 15.8 Å². The highest BCUT2D eigenvalue weighted by atomic mass is 19.1. The third-order valence-corrected chi connectivity index (χ3v) is 4.65. The number of anilines is 2. The summed E-state index contributed by atoms with van der Waals surface area (Å²) in [6.45, 7) is 4.20. The average Bonchev–Trinajstić information content (AvgIpc) is 2.68. The number of carbonyl (C=O) groups is 2. The number of nitrogens with one attached hydrogen (secondary N) is 2. The zero-order valence-electron chi connectivity index (χ0n) is 15.7. The van der Waals surface area contributed by atoms with E-state index in [1.54, 1.807) is 12.1 Å². The normalized spacial score (nSPS) is 15.2. The first-order valence-electron chi connectivity index (χ1n) is 9.43. The molecule has 1 fully saturated rings. The maximum Gasteiger partial charge on any atom is 0.238 e. The second-order valence-electron chi connectivity index (χ2n) is 6.84. The Balaban J connectivity index is 1.33. The van der Waals surface area contributed by atoms with E-state index in [0.717, 1.165) is 31.9 Å². The molecule has 6 nitrogen and oxygen atoms in total. The second kappa shape index (κ2) is 9.96. The minimum absolute atomic E-state index is 0.0193. The van der Waals surface area contributed by atoms with Crippen molar-refractivity contribution >= 4 is 23.2 Å².